The first kappa shape index (κ1) is 14.3. The van der Waals surface area contributed by atoms with Crippen molar-refractivity contribution >= 4 is 0 Å². The SMILES string of the molecule is Cc1ccc(C(O)C2(c3ccccc3)CCOCC2)cc1. The lowest BCUT2D eigenvalue weighted by molar-refractivity contribution is -0.0170. The van der Waals surface area contributed by atoms with E-state index in [1.807, 2.05) is 18.2 Å². The number of hydrogen-bond donors (Lipinski definition) is 1. The number of aliphatic hydroxyl groups excluding tert-OH is 1. The molecule has 0 saturated carbocycles. The second-order valence-electron chi connectivity index (χ2n) is 5.95. The van der Waals surface area contributed by atoms with Gasteiger partial charge in [0.1, 0.15) is 0 Å². The summed E-state index contributed by atoms with van der Waals surface area (Å²) in [5.74, 6) is 0. The predicted octanol–water partition coefficient (Wildman–Crippen LogP) is 3.78. The second-order valence-corrected chi connectivity index (χ2v) is 5.95. The molecule has 0 aliphatic carbocycles. The van der Waals surface area contributed by atoms with Crippen molar-refractivity contribution in [1.29, 1.82) is 0 Å². The Hall–Kier alpha value is -1.64. The predicted molar refractivity (Wildman–Crippen MR) is 84.3 cm³/mol. The fourth-order valence-corrected chi connectivity index (χ4v) is 3.29. The van der Waals surface area contributed by atoms with Crippen LogP contribution in [0.1, 0.15) is 35.6 Å². The lowest BCUT2D eigenvalue weighted by Gasteiger charge is -2.41. The maximum Gasteiger partial charge on any atom is 0.0888 e. The van der Waals surface area contributed by atoms with Crippen molar-refractivity contribution in [2.75, 3.05) is 13.2 Å². The van der Waals surface area contributed by atoms with Crippen LogP contribution in [0.3, 0.4) is 0 Å². The minimum Gasteiger partial charge on any atom is -0.387 e. The molecule has 0 spiro atoms. The van der Waals surface area contributed by atoms with Crippen molar-refractivity contribution in [3.8, 4) is 0 Å². The molecule has 1 N–H and O–H groups in total. The van der Waals surface area contributed by atoms with Gasteiger partial charge in [-0.3, -0.25) is 0 Å². The Morgan fingerprint density at radius 2 is 1.57 bits per heavy atom. The molecule has 21 heavy (non-hydrogen) atoms. The third kappa shape index (κ3) is 2.74. The fraction of sp³-hybridized carbons (Fsp3) is 0.368. The first-order valence-electron chi connectivity index (χ1n) is 7.60. The smallest absolute Gasteiger partial charge is 0.0888 e. The monoisotopic (exact) mass is 282 g/mol. The van der Waals surface area contributed by atoms with Crippen molar-refractivity contribution in [2.45, 2.75) is 31.3 Å². The Balaban J connectivity index is 2.01. The Kier molecular flexibility index (Phi) is 4.09. The van der Waals surface area contributed by atoms with Gasteiger partial charge in [0.25, 0.3) is 0 Å². The molecule has 2 heteroatoms. The number of benzene rings is 2. The zero-order chi connectivity index (χ0) is 14.7. The van der Waals surface area contributed by atoms with Gasteiger partial charge in [-0.2, -0.15) is 0 Å². The summed E-state index contributed by atoms with van der Waals surface area (Å²) in [7, 11) is 0. The van der Waals surface area contributed by atoms with Gasteiger partial charge >= 0.3 is 0 Å². The van der Waals surface area contributed by atoms with Crippen LogP contribution in [0.4, 0.5) is 0 Å². The van der Waals surface area contributed by atoms with Gasteiger partial charge in [-0.25, -0.2) is 0 Å². The van der Waals surface area contributed by atoms with E-state index in [-0.39, 0.29) is 5.41 Å². The normalized spacial score (nSPS) is 19.1. The number of ether oxygens (including phenoxy) is 1. The minimum atomic E-state index is -0.496. The van der Waals surface area contributed by atoms with E-state index in [4.69, 9.17) is 4.74 Å². The van der Waals surface area contributed by atoms with Crippen LogP contribution in [0.2, 0.25) is 0 Å². The summed E-state index contributed by atoms with van der Waals surface area (Å²) in [6.45, 7) is 3.48. The van der Waals surface area contributed by atoms with Crippen LogP contribution < -0.4 is 0 Å². The zero-order valence-corrected chi connectivity index (χ0v) is 12.5. The van der Waals surface area contributed by atoms with E-state index in [1.165, 1.54) is 11.1 Å². The molecule has 2 aromatic rings. The lowest BCUT2D eigenvalue weighted by atomic mass is 9.68. The summed E-state index contributed by atoms with van der Waals surface area (Å²) in [6.07, 6.45) is 1.21. The molecule has 1 atom stereocenters. The first-order valence-corrected chi connectivity index (χ1v) is 7.60. The molecule has 2 nitrogen and oxygen atoms in total. The molecule has 1 saturated heterocycles. The van der Waals surface area contributed by atoms with Crippen molar-refractivity contribution in [3.63, 3.8) is 0 Å². The van der Waals surface area contributed by atoms with Crippen LogP contribution in [0, 0.1) is 6.92 Å². The van der Waals surface area contributed by atoms with E-state index in [0.29, 0.717) is 13.2 Å². The van der Waals surface area contributed by atoms with Crippen LogP contribution in [0.25, 0.3) is 0 Å². The van der Waals surface area contributed by atoms with Crippen LogP contribution in [-0.2, 0) is 10.2 Å². The summed E-state index contributed by atoms with van der Waals surface area (Å²) in [6, 6.07) is 18.6. The average molecular weight is 282 g/mol. The second kappa shape index (κ2) is 6.00. The van der Waals surface area contributed by atoms with Gasteiger partial charge in [0.15, 0.2) is 0 Å². The van der Waals surface area contributed by atoms with Crippen molar-refractivity contribution in [1.82, 2.24) is 0 Å². The maximum atomic E-state index is 11.1. The van der Waals surface area contributed by atoms with E-state index in [0.717, 1.165) is 18.4 Å². The zero-order valence-electron chi connectivity index (χ0n) is 12.5. The quantitative estimate of drug-likeness (QED) is 0.928. The molecule has 1 heterocycles. The molecule has 0 radical (unpaired) electrons. The number of rotatable bonds is 3. The average Bonchev–Trinajstić information content (AvgIpc) is 2.56. The van der Waals surface area contributed by atoms with E-state index in [9.17, 15) is 5.11 Å². The highest BCUT2D eigenvalue weighted by molar-refractivity contribution is 5.33. The van der Waals surface area contributed by atoms with Crippen LogP contribution in [0.15, 0.2) is 54.6 Å². The molecule has 1 fully saturated rings. The van der Waals surface area contributed by atoms with Gasteiger partial charge in [-0.15, -0.1) is 0 Å². The standard InChI is InChI=1S/C19H22O2/c1-15-7-9-16(10-8-15)18(20)19(11-13-21-14-12-19)17-5-3-2-4-6-17/h2-10,18,20H,11-14H2,1H3. The van der Waals surface area contributed by atoms with Gasteiger partial charge in [-0.05, 0) is 30.9 Å². The van der Waals surface area contributed by atoms with Gasteiger partial charge in [-0.1, -0.05) is 60.2 Å². The van der Waals surface area contributed by atoms with E-state index in [1.54, 1.807) is 0 Å². The lowest BCUT2D eigenvalue weighted by Crippen LogP contribution is -2.39. The fourth-order valence-electron chi connectivity index (χ4n) is 3.29. The molecule has 1 aliphatic heterocycles. The molecule has 1 unspecified atom stereocenters. The third-order valence-corrected chi connectivity index (χ3v) is 4.65. The number of hydrogen-bond acceptors (Lipinski definition) is 2. The molecule has 1 aliphatic rings. The first-order chi connectivity index (χ1) is 10.2. The minimum absolute atomic E-state index is 0.241. The van der Waals surface area contributed by atoms with Crippen LogP contribution in [-0.4, -0.2) is 18.3 Å². The largest absolute Gasteiger partial charge is 0.387 e. The van der Waals surface area contributed by atoms with Gasteiger partial charge in [0.05, 0.1) is 6.10 Å². The van der Waals surface area contributed by atoms with Crippen molar-refractivity contribution in [3.05, 3.63) is 71.3 Å². The molecular formula is C19H22O2. The van der Waals surface area contributed by atoms with Gasteiger partial charge in [0, 0.05) is 18.6 Å². The molecule has 0 aromatic heterocycles. The van der Waals surface area contributed by atoms with Crippen LogP contribution >= 0.6 is 0 Å². The summed E-state index contributed by atoms with van der Waals surface area (Å²) >= 11 is 0. The summed E-state index contributed by atoms with van der Waals surface area (Å²) in [5.41, 5.74) is 3.17. The third-order valence-electron chi connectivity index (χ3n) is 4.65. The molecule has 110 valence electrons. The Bertz CT molecular complexity index is 568. The van der Waals surface area contributed by atoms with Crippen molar-refractivity contribution < 1.29 is 9.84 Å². The molecule has 0 amide bonds. The summed E-state index contributed by atoms with van der Waals surface area (Å²) in [4.78, 5) is 0. The van der Waals surface area contributed by atoms with Crippen molar-refractivity contribution in [2.24, 2.45) is 0 Å². The van der Waals surface area contributed by atoms with E-state index in [2.05, 4.69) is 43.3 Å². The molecule has 3 rings (SSSR count). The van der Waals surface area contributed by atoms with E-state index >= 15 is 0 Å². The molecule has 2 aromatic carbocycles. The Labute approximate surface area is 126 Å². The van der Waals surface area contributed by atoms with E-state index < -0.39 is 6.10 Å². The molecule has 0 bridgehead atoms. The highest BCUT2D eigenvalue weighted by Gasteiger charge is 2.41. The summed E-state index contributed by atoms with van der Waals surface area (Å²) in [5, 5.41) is 11.1. The van der Waals surface area contributed by atoms with Gasteiger partial charge < -0.3 is 9.84 Å². The summed E-state index contributed by atoms with van der Waals surface area (Å²) < 4.78 is 5.54. The Morgan fingerprint density at radius 3 is 2.19 bits per heavy atom. The Morgan fingerprint density at radius 1 is 0.952 bits per heavy atom. The van der Waals surface area contributed by atoms with Gasteiger partial charge in [0.2, 0.25) is 0 Å². The number of aryl methyl sites for hydroxylation is 1. The highest BCUT2D eigenvalue weighted by Crippen LogP contribution is 2.45. The topological polar surface area (TPSA) is 29.5 Å². The van der Waals surface area contributed by atoms with Crippen LogP contribution in [0.5, 0.6) is 0 Å². The number of aliphatic hydroxyl groups is 1. The highest BCUT2D eigenvalue weighted by atomic mass is 16.5. The molecular weight excluding hydrogens is 260 g/mol. The maximum absolute atomic E-state index is 11.1.